The Labute approximate surface area is 139 Å². The van der Waals surface area contributed by atoms with Crippen molar-refractivity contribution in [2.75, 3.05) is 4.90 Å². The Hall–Kier alpha value is -2.95. The van der Waals surface area contributed by atoms with E-state index < -0.39 is 0 Å². The molecule has 1 aliphatic rings. The molecule has 0 saturated carbocycles. The molecule has 5 nitrogen and oxygen atoms in total. The molecule has 0 aromatic heterocycles. The highest BCUT2D eigenvalue weighted by molar-refractivity contribution is 6.34. The summed E-state index contributed by atoms with van der Waals surface area (Å²) in [5.41, 5.74) is 2.07. The highest BCUT2D eigenvalue weighted by Crippen LogP contribution is 2.28. The quantitative estimate of drug-likeness (QED) is 0.641. The maximum absolute atomic E-state index is 12.4. The normalized spacial score (nSPS) is 13.4. The first-order chi connectivity index (χ1) is 11.5. The van der Waals surface area contributed by atoms with Gasteiger partial charge in [-0.05, 0) is 43.7 Å². The van der Waals surface area contributed by atoms with Crippen LogP contribution in [0.3, 0.4) is 0 Å². The van der Waals surface area contributed by atoms with Crippen LogP contribution in [0.5, 0.6) is 0 Å². The number of imide groups is 1. The Morgan fingerprint density at radius 1 is 0.958 bits per heavy atom. The van der Waals surface area contributed by atoms with Gasteiger partial charge in [0.25, 0.3) is 11.8 Å². The summed E-state index contributed by atoms with van der Waals surface area (Å²) in [7, 11) is 0. The predicted molar refractivity (Wildman–Crippen MR) is 89.0 cm³/mol. The monoisotopic (exact) mass is 323 g/mol. The lowest BCUT2D eigenvalue weighted by Gasteiger charge is -2.14. The first-order valence-corrected chi connectivity index (χ1v) is 7.73. The largest absolute Gasteiger partial charge is 0.463 e. The number of hydrogen-bond acceptors (Lipinski definition) is 4. The van der Waals surface area contributed by atoms with Gasteiger partial charge in [-0.25, -0.2) is 4.90 Å². The standard InChI is InChI=1S/C19H17NO4/c1-12(2)24-17(21)11-13-7-9-14(10-8-13)20-18(22)15-5-3-4-6-16(15)19(20)23/h3-10,12H,11H2,1-2H3. The summed E-state index contributed by atoms with van der Waals surface area (Å²) < 4.78 is 5.10. The second-order valence-electron chi connectivity index (χ2n) is 5.87. The highest BCUT2D eigenvalue weighted by atomic mass is 16.5. The van der Waals surface area contributed by atoms with Gasteiger partial charge in [-0.1, -0.05) is 24.3 Å². The lowest BCUT2D eigenvalue weighted by Crippen LogP contribution is -2.29. The fraction of sp³-hybridized carbons (Fsp3) is 0.211. The van der Waals surface area contributed by atoms with Gasteiger partial charge in [0.2, 0.25) is 0 Å². The van der Waals surface area contributed by atoms with Crippen molar-refractivity contribution in [1.29, 1.82) is 0 Å². The number of rotatable bonds is 4. The highest BCUT2D eigenvalue weighted by Gasteiger charge is 2.36. The predicted octanol–water partition coefficient (Wildman–Crippen LogP) is 2.98. The molecule has 0 unspecified atom stereocenters. The zero-order valence-corrected chi connectivity index (χ0v) is 13.5. The summed E-state index contributed by atoms with van der Waals surface area (Å²) in [6, 6.07) is 13.5. The third kappa shape index (κ3) is 2.93. The van der Waals surface area contributed by atoms with Crippen molar-refractivity contribution in [3.63, 3.8) is 0 Å². The van der Waals surface area contributed by atoms with E-state index in [9.17, 15) is 14.4 Å². The number of benzene rings is 2. The molecule has 5 heteroatoms. The molecule has 0 spiro atoms. The Morgan fingerprint density at radius 2 is 1.50 bits per heavy atom. The summed E-state index contributed by atoms with van der Waals surface area (Å²) >= 11 is 0. The maximum Gasteiger partial charge on any atom is 0.310 e. The van der Waals surface area contributed by atoms with E-state index in [-0.39, 0.29) is 30.3 Å². The number of carbonyl (C=O) groups excluding carboxylic acids is 3. The van der Waals surface area contributed by atoms with Crippen LogP contribution < -0.4 is 4.90 Å². The Morgan fingerprint density at radius 3 is 2.00 bits per heavy atom. The van der Waals surface area contributed by atoms with Crippen molar-refractivity contribution in [1.82, 2.24) is 0 Å². The summed E-state index contributed by atoms with van der Waals surface area (Å²) in [5, 5.41) is 0. The minimum atomic E-state index is -0.331. The number of ether oxygens (including phenoxy) is 1. The Balaban J connectivity index is 1.79. The fourth-order valence-electron chi connectivity index (χ4n) is 2.66. The van der Waals surface area contributed by atoms with Gasteiger partial charge in [0.15, 0.2) is 0 Å². The lowest BCUT2D eigenvalue weighted by molar-refractivity contribution is -0.146. The van der Waals surface area contributed by atoms with Crippen molar-refractivity contribution in [3.8, 4) is 0 Å². The zero-order chi connectivity index (χ0) is 17.3. The van der Waals surface area contributed by atoms with Crippen LogP contribution >= 0.6 is 0 Å². The first-order valence-electron chi connectivity index (χ1n) is 7.73. The van der Waals surface area contributed by atoms with E-state index in [1.807, 2.05) is 0 Å². The van der Waals surface area contributed by atoms with Crippen LogP contribution in [0.1, 0.15) is 40.1 Å². The first kappa shape index (κ1) is 15.9. The number of carbonyl (C=O) groups is 3. The number of hydrogen-bond donors (Lipinski definition) is 0. The average molecular weight is 323 g/mol. The molecule has 1 heterocycles. The molecule has 0 bridgehead atoms. The molecule has 1 aliphatic heterocycles. The van der Waals surface area contributed by atoms with E-state index in [0.29, 0.717) is 16.8 Å². The zero-order valence-electron chi connectivity index (χ0n) is 13.5. The van der Waals surface area contributed by atoms with Crippen LogP contribution in [-0.4, -0.2) is 23.9 Å². The van der Waals surface area contributed by atoms with Gasteiger partial charge in [0.05, 0.1) is 29.3 Å². The van der Waals surface area contributed by atoms with E-state index in [0.717, 1.165) is 10.5 Å². The number of esters is 1. The van der Waals surface area contributed by atoms with Gasteiger partial charge in [-0.15, -0.1) is 0 Å². The summed E-state index contributed by atoms with van der Waals surface area (Å²) in [6.07, 6.45) is -0.00394. The summed E-state index contributed by atoms with van der Waals surface area (Å²) in [4.78, 5) is 37.7. The molecule has 0 N–H and O–H groups in total. The molecule has 122 valence electrons. The number of fused-ring (bicyclic) bond motifs is 1. The molecule has 2 aromatic rings. The molecule has 2 aromatic carbocycles. The van der Waals surface area contributed by atoms with Gasteiger partial charge >= 0.3 is 5.97 Å². The van der Waals surface area contributed by atoms with Crippen molar-refractivity contribution in [3.05, 3.63) is 65.2 Å². The third-order valence-electron chi connectivity index (χ3n) is 3.70. The van der Waals surface area contributed by atoms with Crippen molar-refractivity contribution >= 4 is 23.5 Å². The molecule has 24 heavy (non-hydrogen) atoms. The second-order valence-corrected chi connectivity index (χ2v) is 5.87. The number of amides is 2. The molecule has 0 fully saturated rings. The number of nitrogens with zero attached hydrogens (tertiary/aromatic N) is 1. The summed E-state index contributed by atoms with van der Waals surface area (Å²) in [6.45, 7) is 3.59. The Kier molecular flexibility index (Phi) is 4.16. The van der Waals surface area contributed by atoms with Gasteiger partial charge in [-0.2, -0.15) is 0 Å². The van der Waals surface area contributed by atoms with E-state index in [1.54, 1.807) is 62.4 Å². The third-order valence-corrected chi connectivity index (χ3v) is 3.70. The lowest BCUT2D eigenvalue weighted by atomic mass is 10.1. The molecule has 3 rings (SSSR count). The molecular weight excluding hydrogens is 306 g/mol. The Bertz CT molecular complexity index is 773. The minimum absolute atomic E-state index is 0.153. The van der Waals surface area contributed by atoms with Crippen LogP contribution in [0.2, 0.25) is 0 Å². The van der Waals surface area contributed by atoms with E-state index in [4.69, 9.17) is 4.74 Å². The molecule has 2 amide bonds. The van der Waals surface area contributed by atoms with Crippen molar-refractivity contribution in [2.24, 2.45) is 0 Å². The molecule has 0 radical (unpaired) electrons. The van der Waals surface area contributed by atoms with E-state index >= 15 is 0 Å². The minimum Gasteiger partial charge on any atom is -0.463 e. The van der Waals surface area contributed by atoms with Crippen molar-refractivity contribution < 1.29 is 19.1 Å². The molecule has 0 saturated heterocycles. The fourth-order valence-corrected chi connectivity index (χ4v) is 2.66. The van der Waals surface area contributed by atoms with Crippen LogP contribution in [0.15, 0.2) is 48.5 Å². The van der Waals surface area contributed by atoms with Crippen LogP contribution in [-0.2, 0) is 16.0 Å². The van der Waals surface area contributed by atoms with E-state index in [2.05, 4.69) is 0 Å². The van der Waals surface area contributed by atoms with Crippen LogP contribution in [0, 0.1) is 0 Å². The smallest absolute Gasteiger partial charge is 0.310 e. The van der Waals surface area contributed by atoms with Gasteiger partial charge in [-0.3, -0.25) is 14.4 Å². The molecule has 0 atom stereocenters. The topological polar surface area (TPSA) is 63.7 Å². The van der Waals surface area contributed by atoms with Gasteiger partial charge in [0.1, 0.15) is 0 Å². The second kappa shape index (κ2) is 6.28. The van der Waals surface area contributed by atoms with Gasteiger partial charge < -0.3 is 4.74 Å². The molecule has 0 aliphatic carbocycles. The molecular formula is C19H17NO4. The van der Waals surface area contributed by atoms with Crippen molar-refractivity contribution in [2.45, 2.75) is 26.4 Å². The van der Waals surface area contributed by atoms with Crippen LogP contribution in [0.25, 0.3) is 0 Å². The maximum atomic E-state index is 12.4. The average Bonchev–Trinajstić information content (AvgIpc) is 2.80. The van der Waals surface area contributed by atoms with Gasteiger partial charge in [0, 0.05) is 0 Å². The summed E-state index contributed by atoms with van der Waals surface area (Å²) in [5.74, 6) is -0.969. The SMILES string of the molecule is CC(C)OC(=O)Cc1ccc(N2C(=O)c3ccccc3C2=O)cc1. The number of anilines is 1. The van der Waals surface area contributed by atoms with Crippen LogP contribution in [0.4, 0.5) is 5.69 Å². The van der Waals surface area contributed by atoms with E-state index in [1.165, 1.54) is 0 Å².